The predicted octanol–water partition coefficient (Wildman–Crippen LogP) is 2.84. The van der Waals surface area contributed by atoms with Crippen LogP contribution in [0.2, 0.25) is 0 Å². The molecule has 1 aromatic rings. The van der Waals surface area contributed by atoms with E-state index < -0.39 is 4.92 Å². The standard InChI is InChI=1S/C15H21N3O3S/c1-10-4-2-3-5-13(10)17-15(22)16-9-11-8-12(18(20)21)6-7-14(11)19/h6-8,10,13,19H,2-5,9H2,1H3,(H2,16,17,22)/t10-,13+/m1/s1. The van der Waals surface area contributed by atoms with Gasteiger partial charge in [0.2, 0.25) is 0 Å². The summed E-state index contributed by atoms with van der Waals surface area (Å²) in [6, 6.07) is 4.33. The van der Waals surface area contributed by atoms with Crippen LogP contribution in [0.4, 0.5) is 5.69 Å². The second kappa shape index (κ2) is 7.40. The van der Waals surface area contributed by atoms with Crippen molar-refractivity contribution >= 4 is 23.0 Å². The number of rotatable bonds is 4. The van der Waals surface area contributed by atoms with Crippen molar-refractivity contribution in [1.82, 2.24) is 10.6 Å². The smallest absolute Gasteiger partial charge is 0.270 e. The summed E-state index contributed by atoms with van der Waals surface area (Å²) in [6.45, 7) is 2.46. The molecule has 1 fully saturated rings. The molecule has 22 heavy (non-hydrogen) atoms. The SMILES string of the molecule is C[C@@H]1CCCC[C@@H]1NC(=S)NCc1cc([N+](=O)[O-])ccc1O. The molecule has 7 heteroatoms. The van der Waals surface area contributed by atoms with Crippen molar-refractivity contribution in [2.24, 2.45) is 5.92 Å². The number of thiocarbonyl (C=S) groups is 1. The van der Waals surface area contributed by atoms with Crippen molar-refractivity contribution in [2.45, 2.75) is 45.2 Å². The molecule has 120 valence electrons. The minimum absolute atomic E-state index is 0.0203. The second-order valence-corrected chi connectivity index (χ2v) is 6.17. The number of aromatic hydroxyl groups is 1. The van der Waals surface area contributed by atoms with Gasteiger partial charge in [-0.25, -0.2) is 0 Å². The van der Waals surface area contributed by atoms with Crippen molar-refractivity contribution < 1.29 is 10.0 Å². The van der Waals surface area contributed by atoms with Crippen LogP contribution in [-0.2, 0) is 6.54 Å². The Bertz CT molecular complexity index is 565. The van der Waals surface area contributed by atoms with Gasteiger partial charge < -0.3 is 15.7 Å². The van der Waals surface area contributed by atoms with Crippen molar-refractivity contribution in [3.8, 4) is 5.75 Å². The highest BCUT2D eigenvalue weighted by atomic mass is 32.1. The highest BCUT2D eigenvalue weighted by Gasteiger charge is 2.21. The number of non-ortho nitro benzene ring substituents is 1. The average Bonchev–Trinajstić information content (AvgIpc) is 2.48. The second-order valence-electron chi connectivity index (χ2n) is 5.77. The third-order valence-electron chi connectivity index (χ3n) is 4.14. The van der Waals surface area contributed by atoms with Gasteiger partial charge in [-0.05, 0) is 37.0 Å². The molecule has 1 aromatic carbocycles. The van der Waals surface area contributed by atoms with Gasteiger partial charge in [0.1, 0.15) is 5.75 Å². The molecule has 2 rings (SSSR count). The van der Waals surface area contributed by atoms with Gasteiger partial charge in [-0.3, -0.25) is 10.1 Å². The molecular formula is C15H21N3O3S. The Balaban J connectivity index is 1.90. The zero-order valence-corrected chi connectivity index (χ0v) is 13.4. The summed E-state index contributed by atoms with van der Waals surface area (Å²) in [5, 5.41) is 27.4. The van der Waals surface area contributed by atoms with Gasteiger partial charge in [0.25, 0.3) is 5.69 Å². The molecule has 3 N–H and O–H groups in total. The third-order valence-corrected chi connectivity index (χ3v) is 4.40. The number of hydrogen-bond donors (Lipinski definition) is 3. The summed E-state index contributed by atoms with van der Waals surface area (Å²) in [7, 11) is 0. The number of nitro groups is 1. The third kappa shape index (κ3) is 4.30. The Kier molecular flexibility index (Phi) is 5.54. The molecule has 0 spiro atoms. The molecule has 1 aliphatic rings. The van der Waals surface area contributed by atoms with Crippen LogP contribution in [0.5, 0.6) is 5.75 Å². The highest BCUT2D eigenvalue weighted by Crippen LogP contribution is 2.24. The maximum absolute atomic E-state index is 10.8. The predicted molar refractivity (Wildman–Crippen MR) is 88.8 cm³/mol. The van der Waals surface area contributed by atoms with E-state index in [9.17, 15) is 15.2 Å². The topological polar surface area (TPSA) is 87.4 Å². The molecule has 1 aliphatic carbocycles. The molecule has 0 saturated heterocycles. The number of nitro benzene ring substituents is 1. The van der Waals surface area contributed by atoms with Crippen LogP contribution in [0, 0.1) is 16.0 Å². The minimum Gasteiger partial charge on any atom is -0.508 e. The van der Waals surface area contributed by atoms with E-state index in [-0.39, 0.29) is 18.0 Å². The fourth-order valence-corrected chi connectivity index (χ4v) is 2.98. The minimum atomic E-state index is -0.483. The van der Waals surface area contributed by atoms with E-state index in [4.69, 9.17) is 12.2 Å². The lowest BCUT2D eigenvalue weighted by atomic mass is 9.86. The van der Waals surface area contributed by atoms with Gasteiger partial charge >= 0.3 is 0 Å². The Morgan fingerprint density at radius 1 is 1.45 bits per heavy atom. The molecule has 0 aromatic heterocycles. The van der Waals surface area contributed by atoms with Crippen LogP contribution in [0.3, 0.4) is 0 Å². The molecular weight excluding hydrogens is 302 g/mol. The first-order valence-electron chi connectivity index (χ1n) is 7.48. The molecule has 0 aliphatic heterocycles. The number of benzene rings is 1. The fraction of sp³-hybridized carbons (Fsp3) is 0.533. The van der Waals surface area contributed by atoms with Gasteiger partial charge in [0.15, 0.2) is 5.11 Å². The lowest BCUT2D eigenvalue weighted by Gasteiger charge is -2.30. The van der Waals surface area contributed by atoms with Crippen molar-refractivity contribution in [3.63, 3.8) is 0 Å². The van der Waals surface area contributed by atoms with Crippen molar-refractivity contribution in [2.75, 3.05) is 0 Å². The number of phenolic OH excluding ortho intramolecular Hbond substituents is 1. The van der Waals surface area contributed by atoms with Crippen LogP contribution in [-0.4, -0.2) is 21.2 Å². The first-order valence-corrected chi connectivity index (χ1v) is 7.89. The monoisotopic (exact) mass is 323 g/mol. The number of hydrogen-bond acceptors (Lipinski definition) is 4. The molecule has 0 bridgehead atoms. The van der Waals surface area contributed by atoms with E-state index >= 15 is 0 Å². The van der Waals surface area contributed by atoms with Crippen LogP contribution in [0.15, 0.2) is 18.2 Å². The molecule has 1 saturated carbocycles. The Morgan fingerprint density at radius 3 is 2.86 bits per heavy atom. The normalized spacial score (nSPS) is 21.1. The van der Waals surface area contributed by atoms with Crippen LogP contribution in [0.25, 0.3) is 0 Å². The molecule has 6 nitrogen and oxygen atoms in total. The van der Waals surface area contributed by atoms with Crippen LogP contribution in [0.1, 0.15) is 38.2 Å². The summed E-state index contributed by atoms with van der Waals surface area (Å²) in [4.78, 5) is 10.3. The summed E-state index contributed by atoms with van der Waals surface area (Å²) in [5.41, 5.74) is 0.407. The Hall–Kier alpha value is -1.89. The van der Waals surface area contributed by atoms with E-state index in [0.717, 1.165) is 6.42 Å². The summed E-state index contributed by atoms with van der Waals surface area (Å²) in [6.07, 6.45) is 4.77. The molecule has 2 atom stereocenters. The molecule has 0 radical (unpaired) electrons. The molecule has 0 unspecified atom stereocenters. The Labute approximate surface area is 135 Å². The maximum atomic E-state index is 10.8. The number of nitrogens with one attached hydrogen (secondary N) is 2. The fourth-order valence-electron chi connectivity index (χ4n) is 2.75. The van der Waals surface area contributed by atoms with E-state index in [2.05, 4.69) is 17.6 Å². The number of nitrogens with zero attached hydrogens (tertiary/aromatic N) is 1. The van der Waals surface area contributed by atoms with Crippen molar-refractivity contribution in [3.05, 3.63) is 33.9 Å². The average molecular weight is 323 g/mol. The zero-order chi connectivity index (χ0) is 16.1. The Morgan fingerprint density at radius 2 is 2.18 bits per heavy atom. The molecule has 0 heterocycles. The largest absolute Gasteiger partial charge is 0.508 e. The van der Waals surface area contributed by atoms with Crippen LogP contribution >= 0.6 is 12.2 Å². The van der Waals surface area contributed by atoms with Gasteiger partial charge in [0, 0.05) is 30.3 Å². The van der Waals surface area contributed by atoms with Gasteiger partial charge in [-0.15, -0.1) is 0 Å². The van der Waals surface area contributed by atoms with E-state index in [1.165, 1.54) is 37.5 Å². The number of phenols is 1. The van der Waals surface area contributed by atoms with E-state index in [1.807, 2.05) is 0 Å². The van der Waals surface area contributed by atoms with E-state index in [0.29, 0.717) is 22.6 Å². The first kappa shape index (κ1) is 16.5. The lowest BCUT2D eigenvalue weighted by Crippen LogP contribution is -2.45. The summed E-state index contributed by atoms with van der Waals surface area (Å²) < 4.78 is 0. The zero-order valence-electron chi connectivity index (χ0n) is 12.5. The van der Waals surface area contributed by atoms with Gasteiger partial charge in [-0.1, -0.05) is 19.8 Å². The van der Waals surface area contributed by atoms with Gasteiger partial charge in [-0.2, -0.15) is 0 Å². The van der Waals surface area contributed by atoms with Crippen molar-refractivity contribution in [1.29, 1.82) is 0 Å². The van der Waals surface area contributed by atoms with Gasteiger partial charge in [0.05, 0.1) is 4.92 Å². The summed E-state index contributed by atoms with van der Waals surface area (Å²) >= 11 is 5.28. The van der Waals surface area contributed by atoms with E-state index in [1.54, 1.807) is 0 Å². The lowest BCUT2D eigenvalue weighted by molar-refractivity contribution is -0.384. The maximum Gasteiger partial charge on any atom is 0.270 e. The van der Waals surface area contributed by atoms with Crippen LogP contribution < -0.4 is 10.6 Å². The summed E-state index contributed by atoms with van der Waals surface area (Å²) in [5.74, 6) is 0.603. The first-order chi connectivity index (χ1) is 10.5. The molecule has 0 amide bonds. The quantitative estimate of drug-likeness (QED) is 0.449. The highest BCUT2D eigenvalue weighted by molar-refractivity contribution is 7.80.